The van der Waals surface area contributed by atoms with Crippen molar-refractivity contribution in [2.45, 2.75) is 33.9 Å². The average Bonchev–Trinajstić information content (AvgIpc) is 3.00. The Hall–Kier alpha value is -0.930. The standard InChI is InChI=1S/C17H26Cl2N6.HI/c1-11(10-25-13(3)6-12(2)23-25)8-21-17(20-4)22-9-14-7-15(18)16(19)24(14)5;/h6-7,11H,8-10H2,1-5H3,(H2,20,21,22);1H. The van der Waals surface area contributed by atoms with Gasteiger partial charge >= 0.3 is 0 Å². The minimum Gasteiger partial charge on any atom is -0.356 e. The SMILES string of the molecule is CN=C(NCc1cc(Cl)c(Cl)n1C)NCC(C)Cn1nc(C)cc1C.I. The fourth-order valence-electron chi connectivity index (χ4n) is 2.64. The fraction of sp³-hybridized carbons (Fsp3) is 0.529. The van der Waals surface area contributed by atoms with E-state index in [1.54, 1.807) is 7.05 Å². The van der Waals surface area contributed by atoms with Gasteiger partial charge in [0.2, 0.25) is 0 Å². The molecule has 9 heteroatoms. The van der Waals surface area contributed by atoms with Crippen molar-refractivity contribution in [3.8, 4) is 0 Å². The minimum absolute atomic E-state index is 0. The summed E-state index contributed by atoms with van der Waals surface area (Å²) in [5.41, 5.74) is 3.23. The zero-order valence-corrected chi connectivity index (χ0v) is 19.6. The van der Waals surface area contributed by atoms with Crippen LogP contribution < -0.4 is 10.6 Å². The van der Waals surface area contributed by atoms with E-state index in [2.05, 4.69) is 40.6 Å². The van der Waals surface area contributed by atoms with Crippen molar-refractivity contribution in [3.63, 3.8) is 0 Å². The van der Waals surface area contributed by atoms with E-state index in [0.29, 0.717) is 22.6 Å². The summed E-state index contributed by atoms with van der Waals surface area (Å²) in [6, 6.07) is 3.95. The summed E-state index contributed by atoms with van der Waals surface area (Å²) in [4.78, 5) is 4.26. The first-order valence-corrected chi connectivity index (χ1v) is 9.02. The lowest BCUT2D eigenvalue weighted by Gasteiger charge is -2.17. The number of hydrogen-bond acceptors (Lipinski definition) is 2. The van der Waals surface area contributed by atoms with E-state index in [1.807, 2.05) is 29.3 Å². The molecule has 1 atom stereocenters. The monoisotopic (exact) mass is 512 g/mol. The maximum Gasteiger partial charge on any atom is 0.191 e. The number of rotatable bonds is 6. The van der Waals surface area contributed by atoms with Crippen LogP contribution in [0.4, 0.5) is 0 Å². The molecule has 0 amide bonds. The van der Waals surface area contributed by atoms with E-state index in [-0.39, 0.29) is 24.0 Å². The number of nitrogens with zero attached hydrogens (tertiary/aromatic N) is 4. The number of nitrogens with one attached hydrogen (secondary N) is 2. The number of aryl methyl sites for hydroxylation is 2. The van der Waals surface area contributed by atoms with Crippen molar-refractivity contribution < 1.29 is 0 Å². The topological polar surface area (TPSA) is 59.2 Å². The fourth-order valence-corrected chi connectivity index (χ4v) is 3.06. The predicted molar refractivity (Wildman–Crippen MR) is 120 cm³/mol. The molecule has 0 aliphatic heterocycles. The van der Waals surface area contributed by atoms with E-state index in [4.69, 9.17) is 23.2 Å². The predicted octanol–water partition coefficient (Wildman–Crippen LogP) is 3.76. The van der Waals surface area contributed by atoms with Crippen LogP contribution in [0.2, 0.25) is 10.2 Å². The molecule has 0 saturated carbocycles. The van der Waals surface area contributed by atoms with Gasteiger partial charge in [-0.2, -0.15) is 5.10 Å². The highest BCUT2D eigenvalue weighted by atomic mass is 127. The third-order valence-corrected chi connectivity index (χ3v) is 4.92. The van der Waals surface area contributed by atoms with Crippen molar-refractivity contribution in [3.05, 3.63) is 39.4 Å². The van der Waals surface area contributed by atoms with Gasteiger partial charge < -0.3 is 15.2 Å². The maximum absolute atomic E-state index is 6.09. The molecule has 0 fully saturated rings. The Morgan fingerprint density at radius 3 is 2.46 bits per heavy atom. The van der Waals surface area contributed by atoms with Crippen molar-refractivity contribution in [2.24, 2.45) is 18.0 Å². The van der Waals surface area contributed by atoms with Gasteiger partial charge in [-0.15, -0.1) is 24.0 Å². The Kier molecular flexibility index (Phi) is 9.26. The number of aromatic nitrogens is 3. The summed E-state index contributed by atoms with van der Waals surface area (Å²) in [5, 5.41) is 12.2. The van der Waals surface area contributed by atoms with Crippen LogP contribution in [0.1, 0.15) is 24.0 Å². The quantitative estimate of drug-likeness (QED) is 0.352. The lowest BCUT2D eigenvalue weighted by molar-refractivity contribution is 0.436. The summed E-state index contributed by atoms with van der Waals surface area (Å²) < 4.78 is 3.90. The molecule has 26 heavy (non-hydrogen) atoms. The molecule has 2 rings (SSSR count). The molecule has 0 aliphatic rings. The van der Waals surface area contributed by atoms with E-state index in [0.717, 1.165) is 30.4 Å². The Morgan fingerprint density at radius 2 is 1.96 bits per heavy atom. The molecule has 0 aliphatic carbocycles. The highest BCUT2D eigenvalue weighted by molar-refractivity contribution is 14.0. The largest absolute Gasteiger partial charge is 0.356 e. The molecule has 146 valence electrons. The first-order chi connectivity index (χ1) is 11.8. The molecule has 0 saturated heterocycles. The van der Waals surface area contributed by atoms with Crippen LogP contribution in [-0.4, -0.2) is 33.9 Å². The van der Waals surface area contributed by atoms with Gasteiger partial charge in [0.25, 0.3) is 0 Å². The van der Waals surface area contributed by atoms with Crippen molar-refractivity contribution >= 4 is 53.1 Å². The molecule has 0 radical (unpaired) electrons. The van der Waals surface area contributed by atoms with Crippen LogP contribution in [0.5, 0.6) is 0 Å². The first kappa shape index (κ1) is 23.1. The number of halogens is 3. The van der Waals surface area contributed by atoms with E-state index in [9.17, 15) is 0 Å². The lowest BCUT2D eigenvalue weighted by Crippen LogP contribution is -2.40. The number of aliphatic imine (C=N–C) groups is 1. The summed E-state index contributed by atoms with van der Waals surface area (Å²) in [7, 11) is 3.64. The van der Waals surface area contributed by atoms with Gasteiger partial charge in [0.15, 0.2) is 5.96 Å². The van der Waals surface area contributed by atoms with Gasteiger partial charge in [0.1, 0.15) is 5.15 Å². The van der Waals surface area contributed by atoms with Gasteiger partial charge in [0.05, 0.1) is 17.3 Å². The molecule has 2 aromatic heterocycles. The Bertz CT molecular complexity index is 753. The van der Waals surface area contributed by atoms with E-state index in [1.165, 1.54) is 5.69 Å². The van der Waals surface area contributed by atoms with Crippen molar-refractivity contribution in [1.82, 2.24) is 25.0 Å². The highest BCUT2D eigenvalue weighted by Crippen LogP contribution is 2.24. The van der Waals surface area contributed by atoms with Crippen molar-refractivity contribution in [1.29, 1.82) is 0 Å². The molecular formula is C17H27Cl2IN6. The third kappa shape index (κ3) is 6.06. The molecule has 0 spiro atoms. The minimum atomic E-state index is 0. The smallest absolute Gasteiger partial charge is 0.191 e. The van der Waals surface area contributed by atoms with Crippen LogP contribution in [-0.2, 0) is 20.1 Å². The number of guanidine groups is 1. The van der Waals surface area contributed by atoms with Crippen LogP contribution in [0, 0.1) is 19.8 Å². The van der Waals surface area contributed by atoms with Crippen LogP contribution in [0.3, 0.4) is 0 Å². The molecule has 2 N–H and O–H groups in total. The first-order valence-electron chi connectivity index (χ1n) is 8.27. The maximum atomic E-state index is 6.09. The molecule has 0 bridgehead atoms. The Balaban J connectivity index is 0.00000338. The number of hydrogen-bond donors (Lipinski definition) is 2. The zero-order valence-electron chi connectivity index (χ0n) is 15.8. The lowest BCUT2D eigenvalue weighted by atomic mass is 10.2. The molecule has 0 aromatic carbocycles. The van der Waals surface area contributed by atoms with Gasteiger partial charge in [-0.05, 0) is 31.9 Å². The zero-order chi connectivity index (χ0) is 18.6. The normalized spacial score (nSPS) is 12.7. The summed E-state index contributed by atoms with van der Waals surface area (Å²) >= 11 is 12.1. The van der Waals surface area contributed by atoms with Crippen LogP contribution >= 0.6 is 47.2 Å². The Labute approximate surface area is 182 Å². The summed E-state index contributed by atoms with van der Waals surface area (Å²) in [6.45, 7) is 8.54. The summed E-state index contributed by atoms with van der Waals surface area (Å²) in [5.74, 6) is 1.16. The van der Waals surface area contributed by atoms with Gasteiger partial charge in [0, 0.05) is 38.6 Å². The second-order valence-electron chi connectivity index (χ2n) is 6.35. The van der Waals surface area contributed by atoms with Crippen LogP contribution in [0.15, 0.2) is 17.1 Å². The van der Waals surface area contributed by atoms with E-state index < -0.39 is 0 Å². The van der Waals surface area contributed by atoms with Gasteiger partial charge in [-0.3, -0.25) is 9.67 Å². The van der Waals surface area contributed by atoms with Gasteiger partial charge in [-0.25, -0.2) is 0 Å². The Morgan fingerprint density at radius 1 is 1.27 bits per heavy atom. The van der Waals surface area contributed by atoms with Crippen LogP contribution in [0.25, 0.3) is 0 Å². The van der Waals surface area contributed by atoms with E-state index >= 15 is 0 Å². The molecular weight excluding hydrogens is 486 g/mol. The molecule has 2 heterocycles. The average molecular weight is 513 g/mol. The molecule has 6 nitrogen and oxygen atoms in total. The molecule has 1 unspecified atom stereocenters. The highest BCUT2D eigenvalue weighted by Gasteiger charge is 2.11. The molecule has 2 aromatic rings. The van der Waals surface area contributed by atoms with Crippen molar-refractivity contribution in [2.75, 3.05) is 13.6 Å². The van der Waals surface area contributed by atoms with Gasteiger partial charge in [-0.1, -0.05) is 30.1 Å². The second kappa shape index (κ2) is 10.4. The third-order valence-electron chi connectivity index (χ3n) is 4.08. The summed E-state index contributed by atoms with van der Waals surface area (Å²) in [6.07, 6.45) is 0. The second-order valence-corrected chi connectivity index (χ2v) is 7.12.